The highest BCUT2D eigenvalue weighted by molar-refractivity contribution is 5.70. The SMILES string of the molecule is C1COCCN1.NNC(N)=O. The number of urea groups is 1. The summed E-state index contributed by atoms with van der Waals surface area (Å²) in [5.41, 5.74) is 6.08. The summed E-state index contributed by atoms with van der Waals surface area (Å²) in [6, 6.07) is -0.718. The molecule has 66 valence electrons. The number of carbonyl (C=O) groups excluding carboxylic acids is 1. The van der Waals surface area contributed by atoms with Gasteiger partial charge in [-0.15, -0.1) is 0 Å². The summed E-state index contributed by atoms with van der Waals surface area (Å²) in [7, 11) is 0. The fourth-order valence-corrected chi connectivity index (χ4v) is 0.516. The lowest BCUT2D eigenvalue weighted by molar-refractivity contribution is 0.109. The molecule has 6 N–H and O–H groups in total. The van der Waals surface area contributed by atoms with Gasteiger partial charge in [0.2, 0.25) is 0 Å². The number of morpholine rings is 1. The Labute approximate surface area is 65.2 Å². The third-order valence-corrected chi connectivity index (χ3v) is 0.989. The van der Waals surface area contributed by atoms with Crippen LogP contribution in [-0.4, -0.2) is 32.3 Å². The van der Waals surface area contributed by atoms with Gasteiger partial charge >= 0.3 is 6.03 Å². The van der Waals surface area contributed by atoms with E-state index in [9.17, 15) is 4.79 Å². The van der Waals surface area contributed by atoms with Crippen LogP contribution >= 0.6 is 0 Å². The predicted octanol–water partition coefficient (Wildman–Crippen LogP) is -1.87. The van der Waals surface area contributed by atoms with Crippen molar-refractivity contribution < 1.29 is 9.53 Å². The Morgan fingerprint density at radius 2 is 1.91 bits per heavy atom. The number of rotatable bonds is 0. The number of hydrogen-bond donors (Lipinski definition) is 4. The highest BCUT2D eigenvalue weighted by Gasteiger charge is 1.92. The first-order valence-corrected chi connectivity index (χ1v) is 3.32. The lowest BCUT2D eigenvalue weighted by Crippen LogP contribution is -2.34. The lowest BCUT2D eigenvalue weighted by atomic mass is 10.5. The fourth-order valence-electron chi connectivity index (χ4n) is 0.516. The Kier molecular flexibility index (Phi) is 6.70. The molecule has 0 unspecified atom stereocenters. The Morgan fingerprint density at radius 1 is 1.45 bits per heavy atom. The second-order valence-electron chi connectivity index (χ2n) is 1.87. The van der Waals surface area contributed by atoms with Crippen molar-refractivity contribution in [1.29, 1.82) is 0 Å². The van der Waals surface area contributed by atoms with Gasteiger partial charge in [-0.3, -0.25) is 5.43 Å². The van der Waals surface area contributed by atoms with Gasteiger partial charge in [0.25, 0.3) is 0 Å². The van der Waals surface area contributed by atoms with Gasteiger partial charge in [0.15, 0.2) is 0 Å². The van der Waals surface area contributed by atoms with E-state index in [0.717, 1.165) is 26.3 Å². The summed E-state index contributed by atoms with van der Waals surface area (Å²) in [5, 5.41) is 3.16. The molecule has 0 saturated carbocycles. The number of carbonyl (C=O) groups is 1. The summed E-state index contributed by atoms with van der Waals surface area (Å²) in [6.07, 6.45) is 0. The van der Waals surface area contributed by atoms with Gasteiger partial charge in [0.1, 0.15) is 0 Å². The summed E-state index contributed by atoms with van der Waals surface area (Å²) in [6.45, 7) is 3.83. The summed E-state index contributed by atoms with van der Waals surface area (Å²) in [5.74, 6) is 4.45. The Balaban J connectivity index is 0.000000187. The van der Waals surface area contributed by atoms with Crippen LogP contribution in [0.4, 0.5) is 4.79 Å². The minimum absolute atomic E-state index is 0.718. The number of hydrazine groups is 1. The van der Waals surface area contributed by atoms with Gasteiger partial charge in [-0.2, -0.15) is 0 Å². The fraction of sp³-hybridized carbons (Fsp3) is 0.800. The molecule has 1 fully saturated rings. The average molecular weight is 162 g/mol. The molecule has 0 aromatic rings. The quantitative estimate of drug-likeness (QED) is 0.190. The number of ether oxygens (including phenoxy) is 1. The minimum atomic E-state index is -0.718. The molecule has 1 aliphatic rings. The zero-order chi connectivity index (χ0) is 8.53. The van der Waals surface area contributed by atoms with E-state index >= 15 is 0 Å². The Bertz CT molecular complexity index is 93.1. The van der Waals surface area contributed by atoms with Gasteiger partial charge in [0.05, 0.1) is 13.2 Å². The monoisotopic (exact) mass is 162 g/mol. The second kappa shape index (κ2) is 7.26. The molecule has 6 nitrogen and oxygen atoms in total. The molecule has 11 heavy (non-hydrogen) atoms. The molecule has 0 bridgehead atoms. The van der Waals surface area contributed by atoms with Crippen LogP contribution in [0.2, 0.25) is 0 Å². The molecule has 0 aromatic heterocycles. The smallest absolute Gasteiger partial charge is 0.326 e. The molecule has 1 aliphatic heterocycles. The van der Waals surface area contributed by atoms with Crippen molar-refractivity contribution in [3.63, 3.8) is 0 Å². The molecule has 2 amide bonds. The molecule has 0 spiro atoms. The zero-order valence-corrected chi connectivity index (χ0v) is 6.30. The van der Waals surface area contributed by atoms with E-state index in [-0.39, 0.29) is 0 Å². The maximum atomic E-state index is 9.35. The number of nitrogens with one attached hydrogen (secondary N) is 2. The van der Waals surface area contributed by atoms with E-state index in [1.54, 1.807) is 5.43 Å². The highest BCUT2D eigenvalue weighted by Crippen LogP contribution is 1.76. The molecule has 0 aliphatic carbocycles. The largest absolute Gasteiger partial charge is 0.379 e. The third-order valence-electron chi connectivity index (χ3n) is 0.989. The van der Waals surface area contributed by atoms with Crippen LogP contribution in [0.5, 0.6) is 0 Å². The van der Waals surface area contributed by atoms with Crippen LogP contribution in [0.1, 0.15) is 0 Å². The molecule has 0 radical (unpaired) electrons. The van der Waals surface area contributed by atoms with Crippen LogP contribution in [0.3, 0.4) is 0 Å². The Hall–Kier alpha value is -0.850. The van der Waals surface area contributed by atoms with Crippen molar-refractivity contribution in [2.75, 3.05) is 26.3 Å². The molecule has 1 saturated heterocycles. The van der Waals surface area contributed by atoms with Crippen molar-refractivity contribution in [2.45, 2.75) is 0 Å². The van der Waals surface area contributed by atoms with Gasteiger partial charge in [-0.25, -0.2) is 10.6 Å². The van der Waals surface area contributed by atoms with E-state index in [1.165, 1.54) is 0 Å². The van der Waals surface area contributed by atoms with Crippen molar-refractivity contribution >= 4 is 6.03 Å². The summed E-state index contributed by atoms with van der Waals surface area (Å²) >= 11 is 0. The van der Waals surface area contributed by atoms with Gasteiger partial charge in [0, 0.05) is 13.1 Å². The standard InChI is InChI=1S/C4H9NO.CH5N3O/c1-3-6-4-2-5-1;2-1(5)4-3/h5H,1-4H2;3H2,(H3,2,4,5). The van der Waals surface area contributed by atoms with Crippen LogP contribution in [0.25, 0.3) is 0 Å². The van der Waals surface area contributed by atoms with Crippen LogP contribution in [0.15, 0.2) is 0 Å². The van der Waals surface area contributed by atoms with E-state index < -0.39 is 6.03 Å². The normalized spacial score (nSPS) is 16.1. The van der Waals surface area contributed by atoms with E-state index in [4.69, 9.17) is 4.74 Å². The van der Waals surface area contributed by atoms with Crippen molar-refractivity contribution in [1.82, 2.24) is 10.7 Å². The van der Waals surface area contributed by atoms with E-state index in [2.05, 4.69) is 16.9 Å². The maximum absolute atomic E-state index is 9.35. The number of amides is 2. The molecule has 0 aromatic carbocycles. The molecular formula is C5H14N4O2. The highest BCUT2D eigenvalue weighted by atomic mass is 16.5. The topological polar surface area (TPSA) is 102 Å². The molecule has 1 rings (SSSR count). The molecular weight excluding hydrogens is 148 g/mol. The van der Waals surface area contributed by atoms with Crippen molar-refractivity contribution in [2.24, 2.45) is 11.6 Å². The number of nitrogens with two attached hydrogens (primary N) is 2. The van der Waals surface area contributed by atoms with Crippen molar-refractivity contribution in [3.05, 3.63) is 0 Å². The maximum Gasteiger partial charge on any atom is 0.326 e. The Morgan fingerprint density at radius 3 is 2.00 bits per heavy atom. The van der Waals surface area contributed by atoms with Crippen LogP contribution < -0.4 is 22.3 Å². The molecule has 0 atom stereocenters. The zero-order valence-electron chi connectivity index (χ0n) is 6.30. The third kappa shape index (κ3) is 9.15. The predicted molar refractivity (Wildman–Crippen MR) is 40.6 cm³/mol. The average Bonchev–Trinajstić information content (AvgIpc) is 2.09. The first-order valence-electron chi connectivity index (χ1n) is 3.32. The molecule has 1 heterocycles. The summed E-state index contributed by atoms with van der Waals surface area (Å²) in [4.78, 5) is 9.35. The first-order chi connectivity index (χ1) is 5.27. The minimum Gasteiger partial charge on any atom is -0.379 e. The van der Waals surface area contributed by atoms with Gasteiger partial charge < -0.3 is 15.8 Å². The first kappa shape index (κ1) is 10.2. The van der Waals surface area contributed by atoms with E-state index in [1.807, 2.05) is 0 Å². The van der Waals surface area contributed by atoms with Gasteiger partial charge in [-0.05, 0) is 0 Å². The van der Waals surface area contributed by atoms with E-state index in [0.29, 0.717) is 0 Å². The van der Waals surface area contributed by atoms with Crippen LogP contribution in [0, 0.1) is 0 Å². The van der Waals surface area contributed by atoms with Crippen LogP contribution in [-0.2, 0) is 4.74 Å². The lowest BCUT2D eigenvalue weighted by Gasteiger charge is -2.10. The van der Waals surface area contributed by atoms with Gasteiger partial charge in [-0.1, -0.05) is 0 Å². The van der Waals surface area contributed by atoms with Crippen molar-refractivity contribution in [3.8, 4) is 0 Å². The second-order valence-corrected chi connectivity index (χ2v) is 1.87. The molecule has 6 heteroatoms. The number of hydrogen-bond acceptors (Lipinski definition) is 4. The number of primary amides is 1. The summed E-state index contributed by atoms with van der Waals surface area (Å²) < 4.78 is 5.01.